The van der Waals surface area contributed by atoms with E-state index >= 15 is 0 Å². The highest BCUT2D eigenvalue weighted by molar-refractivity contribution is 7.99. The molecular weight excluding hydrogens is 717 g/mol. The first kappa shape index (κ1) is 44.0. The van der Waals surface area contributed by atoms with Gasteiger partial charge >= 0.3 is 0 Å². The molecule has 0 spiro atoms. The van der Waals surface area contributed by atoms with Gasteiger partial charge in [0.15, 0.2) is 0 Å². The fourth-order valence-electron chi connectivity index (χ4n) is 7.08. The van der Waals surface area contributed by atoms with Crippen LogP contribution in [0.5, 0.6) is 0 Å². The minimum Gasteiger partial charge on any atom is -0.403 e. The number of thioether (sulfide) groups is 1. The molecule has 0 unspecified atom stereocenters. The van der Waals surface area contributed by atoms with E-state index in [1.165, 1.54) is 26.4 Å². The number of rotatable bonds is 19. The summed E-state index contributed by atoms with van der Waals surface area (Å²) in [5.74, 6) is 8.05. The van der Waals surface area contributed by atoms with E-state index in [0.29, 0.717) is 32.5 Å². The number of hydrogen-bond acceptors (Lipinski definition) is 5. The lowest BCUT2D eigenvalue weighted by molar-refractivity contribution is -0.0834. The van der Waals surface area contributed by atoms with Crippen LogP contribution in [-0.2, 0) is 18.6 Å². The summed E-state index contributed by atoms with van der Waals surface area (Å²) in [4.78, 5) is 1.30. The predicted molar refractivity (Wildman–Crippen MR) is 236 cm³/mol. The Labute approximate surface area is 334 Å². The lowest BCUT2D eigenvalue weighted by Crippen LogP contribution is -2.66. The Hall–Kier alpha value is -2.68. The third-order valence-electron chi connectivity index (χ3n) is 10.7. The maximum Gasteiger partial charge on any atom is 0.261 e. The second kappa shape index (κ2) is 21.0. The van der Waals surface area contributed by atoms with E-state index in [1.807, 2.05) is 11.8 Å². The molecule has 0 saturated heterocycles. The van der Waals surface area contributed by atoms with Crippen molar-refractivity contribution in [3.8, 4) is 11.8 Å². The monoisotopic (exact) mass is 782 g/mol. The summed E-state index contributed by atoms with van der Waals surface area (Å²) in [5, 5.41) is 2.57. The normalized spacial score (nSPS) is 19.6. The zero-order valence-electron chi connectivity index (χ0n) is 34.6. The first-order valence-corrected chi connectivity index (χ1v) is 26.4. The van der Waals surface area contributed by atoms with Gasteiger partial charge in [-0.15, -0.1) is 17.7 Å². The van der Waals surface area contributed by atoms with Gasteiger partial charge in [0, 0.05) is 37.2 Å². The van der Waals surface area contributed by atoms with E-state index in [0.717, 1.165) is 37.7 Å². The molecule has 0 amide bonds. The van der Waals surface area contributed by atoms with Crippen LogP contribution >= 0.6 is 11.8 Å². The first-order valence-electron chi connectivity index (χ1n) is 19.8. The van der Waals surface area contributed by atoms with E-state index in [4.69, 9.17) is 18.6 Å². The fourth-order valence-corrected chi connectivity index (χ4v) is 13.7. The van der Waals surface area contributed by atoms with Crippen molar-refractivity contribution in [1.82, 2.24) is 0 Å². The zero-order chi connectivity index (χ0) is 39.1. The molecule has 0 saturated carbocycles. The predicted octanol–water partition coefficient (Wildman–Crippen LogP) is 10.8. The summed E-state index contributed by atoms with van der Waals surface area (Å²) in [5.41, 5.74) is 2.54. The maximum absolute atomic E-state index is 7.11. The van der Waals surface area contributed by atoms with Crippen LogP contribution in [0, 0.1) is 23.2 Å². The molecule has 0 radical (unpaired) electrons. The molecule has 292 valence electrons. The van der Waals surface area contributed by atoms with Crippen LogP contribution in [0.4, 0.5) is 0 Å². The average molecular weight is 783 g/mol. The smallest absolute Gasteiger partial charge is 0.261 e. The maximum atomic E-state index is 7.11. The SMILES string of the molecule is C/C(=C\CCC#CCOCC1=C[C@@H](OCOCC[Si](C)(C)C)C[C@@H](C)[C@]1(C)CSc1ccccc1)CO[Si](c1ccccc1)(c1ccccc1)C(C)(C)C. The topological polar surface area (TPSA) is 36.9 Å². The molecule has 0 heterocycles. The number of benzene rings is 3. The van der Waals surface area contributed by atoms with Crippen molar-refractivity contribution in [1.29, 1.82) is 0 Å². The summed E-state index contributed by atoms with van der Waals surface area (Å²) >= 11 is 1.92. The molecule has 3 aromatic carbocycles. The Balaban J connectivity index is 1.32. The molecular formula is C47H66O4SSi2. The van der Waals surface area contributed by atoms with Gasteiger partial charge in [-0.2, -0.15) is 0 Å². The van der Waals surface area contributed by atoms with Crippen LogP contribution in [0.15, 0.2) is 119 Å². The molecule has 1 aliphatic rings. The van der Waals surface area contributed by atoms with E-state index < -0.39 is 16.4 Å². The molecule has 0 aliphatic heterocycles. The molecule has 0 bridgehead atoms. The standard InChI is InChI=1S/C47H66O4SSi2/c1-39(35-51-54(46(3,4)5,44-26-18-13-19-27-44)45-28-20-14-21-29-45)23-15-10-11-22-30-48-36-41-34-42(50-38-49-31-32-53(7,8)9)33-40(2)47(41,6)37-52-43-24-16-12-17-25-43/h12-14,16-21,23-29,34,40,42H,10,15,30-33,35-38H2,1-9H3/b39-23+/t40-,42+,47+/m1/s1. The summed E-state index contributed by atoms with van der Waals surface area (Å²) in [6.07, 6.45) is 7.28. The number of hydrogen-bond donors (Lipinski definition) is 0. The van der Waals surface area contributed by atoms with Gasteiger partial charge in [-0.05, 0) is 64.8 Å². The molecule has 54 heavy (non-hydrogen) atoms. The van der Waals surface area contributed by atoms with Gasteiger partial charge in [0.1, 0.15) is 13.4 Å². The third-order valence-corrected chi connectivity index (χ3v) is 18.7. The van der Waals surface area contributed by atoms with Crippen molar-refractivity contribution >= 4 is 38.5 Å². The van der Waals surface area contributed by atoms with Gasteiger partial charge in [-0.3, -0.25) is 0 Å². The third kappa shape index (κ3) is 12.9. The van der Waals surface area contributed by atoms with Crippen LogP contribution in [0.2, 0.25) is 30.7 Å². The molecule has 4 nitrogen and oxygen atoms in total. The zero-order valence-corrected chi connectivity index (χ0v) is 37.4. The largest absolute Gasteiger partial charge is 0.403 e. The van der Waals surface area contributed by atoms with Crippen molar-refractivity contribution in [2.75, 3.05) is 39.0 Å². The van der Waals surface area contributed by atoms with Crippen molar-refractivity contribution in [3.63, 3.8) is 0 Å². The van der Waals surface area contributed by atoms with Gasteiger partial charge in [0.2, 0.25) is 0 Å². The molecule has 3 aromatic rings. The van der Waals surface area contributed by atoms with Crippen molar-refractivity contribution in [3.05, 3.63) is 114 Å². The van der Waals surface area contributed by atoms with Crippen LogP contribution in [0.1, 0.15) is 60.8 Å². The highest BCUT2D eigenvalue weighted by Gasteiger charge is 2.50. The molecule has 0 aromatic heterocycles. The molecule has 4 rings (SSSR count). The minimum absolute atomic E-state index is 0.00859. The van der Waals surface area contributed by atoms with Crippen LogP contribution < -0.4 is 10.4 Å². The molecule has 0 N–H and O–H groups in total. The number of allylic oxidation sites excluding steroid dienone is 1. The molecule has 0 fully saturated rings. The van der Waals surface area contributed by atoms with Crippen molar-refractivity contribution in [2.24, 2.45) is 11.3 Å². The van der Waals surface area contributed by atoms with Gasteiger partial charge in [0.05, 0.1) is 19.3 Å². The highest BCUT2D eigenvalue weighted by Crippen LogP contribution is 2.46. The van der Waals surface area contributed by atoms with E-state index in [1.54, 1.807) is 0 Å². The Morgan fingerprint density at radius 1 is 0.889 bits per heavy atom. The van der Waals surface area contributed by atoms with Crippen molar-refractivity contribution in [2.45, 2.75) is 103 Å². The lowest BCUT2D eigenvalue weighted by atomic mass is 9.68. The summed E-state index contributed by atoms with van der Waals surface area (Å²) in [7, 11) is -3.69. The summed E-state index contributed by atoms with van der Waals surface area (Å²) < 4.78 is 25.5. The van der Waals surface area contributed by atoms with E-state index in [2.05, 4.69) is 176 Å². The van der Waals surface area contributed by atoms with Crippen molar-refractivity contribution < 1.29 is 18.6 Å². The van der Waals surface area contributed by atoms with E-state index in [9.17, 15) is 0 Å². The Morgan fingerprint density at radius 3 is 2.09 bits per heavy atom. The van der Waals surface area contributed by atoms with Gasteiger partial charge in [0.25, 0.3) is 8.32 Å². The lowest BCUT2D eigenvalue weighted by Gasteiger charge is -2.43. The van der Waals surface area contributed by atoms with Gasteiger partial charge < -0.3 is 18.6 Å². The van der Waals surface area contributed by atoms with Gasteiger partial charge in [-0.25, -0.2) is 0 Å². The summed E-state index contributed by atoms with van der Waals surface area (Å²) in [6.45, 7) is 23.7. The number of unbranched alkanes of at least 4 members (excludes halogenated alkanes) is 1. The summed E-state index contributed by atoms with van der Waals surface area (Å²) in [6, 6.07) is 33.5. The molecule has 7 heteroatoms. The van der Waals surface area contributed by atoms with Crippen LogP contribution in [0.3, 0.4) is 0 Å². The Morgan fingerprint density at radius 2 is 1.50 bits per heavy atom. The van der Waals surface area contributed by atoms with Gasteiger partial charge in [-0.1, -0.05) is 157 Å². The highest BCUT2D eigenvalue weighted by atomic mass is 32.2. The van der Waals surface area contributed by atoms with Crippen LogP contribution in [-0.4, -0.2) is 61.5 Å². The molecule has 3 atom stereocenters. The Bertz CT molecular complexity index is 1630. The number of ether oxygens (including phenoxy) is 3. The fraction of sp³-hybridized carbons (Fsp3) is 0.489. The second-order valence-electron chi connectivity index (χ2n) is 17.3. The molecule has 1 aliphatic carbocycles. The Kier molecular flexibility index (Phi) is 17.1. The second-order valence-corrected chi connectivity index (χ2v) is 28.3. The first-order chi connectivity index (χ1) is 25.7. The minimum atomic E-state index is -2.56. The van der Waals surface area contributed by atoms with E-state index in [-0.39, 0.29) is 16.6 Å². The van der Waals surface area contributed by atoms with Crippen LogP contribution in [0.25, 0.3) is 0 Å². The quantitative estimate of drug-likeness (QED) is 0.0302. The average Bonchev–Trinajstić information content (AvgIpc) is 3.14.